The zero-order valence-corrected chi connectivity index (χ0v) is 6.90. The summed E-state index contributed by atoms with van der Waals surface area (Å²) >= 11 is 0. The van der Waals surface area contributed by atoms with E-state index in [9.17, 15) is 0 Å². The van der Waals surface area contributed by atoms with Gasteiger partial charge in [0, 0.05) is 0 Å². The number of rotatable bonds is 3. The molecule has 0 fully saturated rings. The van der Waals surface area contributed by atoms with E-state index in [0.717, 1.165) is 11.4 Å². The van der Waals surface area contributed by atoms with Crippen molar-refractivity contribution in [1.29, 1.82) is 0 Å². The van der Waals surface area contributed by atoms with Gasteiger partial charge >= 0.3 is 0 Å². The quantitative estimate of drug-likeness (QED) is 0.409. The maximum Gasteiger partial charge on any atom is 0.137 e. The molecule has 0 aliphatic heterocycles. The van der Waals surface area contributed by atoms with E-state index in [1.165, 1.54) is 6.21 Å². The van der Waals surface area contributed by atoms with Gasteiger partial charge in [-0.3, -0.25) is 4.98 Å². The van der Waals surface area contributed by atoms with Crippen molar-refractivity contribution in [3.63, 3.8) is 0 Å². The first kappa shape index (κ1) is 8.52. The number of ether oxygens (including phenoxy) is 1. The molecule has 0 aliphatic carbocycles. The van der Waals surface area contributed by atoms with E-state index in [4.69, 9.17) is 10.6 Å². The van der Waals surface area contributed by atoms with Gasteiger partial charge in [0.25, 0.3) is 0 Å². The van der Waals surface area contributed by atoms with Crippen LogP contribution in [0.4, 0.5) is 0 Å². The van der Waals surface area contributed by atoms with Gasteiger partial charge in [-0.25, -0.2) is 0 Å². The fourth-order valence-electron chi connectivity index (χ4n) is 0.797. The minimum atomic E-state index is 0.645. The Morgan fingerprint density at radius 1 is 1.67 bits per heavy atom. The molecule has 12 heavy (non-hydrogen) atoms. The zero-order valence-electron chi connectivity index (χ0n) is 6.90. The second-order valence-electron chi connectivity index (χ2n) is 2.13. The molecular weight excluding hydrogens is 154 g/mol. The minimum Gasteiger partial charge on any atom is -0.492 e. The highest BCUT2D eigenvalue weighted by molar-refractivity contribution is 5.76. The third-order valence-electron chi connectivity index (χ3n) is 1.28. The minimum absolute atomic E-state index is 0.645. The Hall–Kier alpha value is -1.58. The molecule has 0 spiro atoms. The molecule has 4 nitrogen and oxygen atoms in total. The van der Waals surface area contributed by atoms with Crippen LogP contribution in [0.15, 0.2) is 23.4 Å². The van der Waals surface area contributed by atoms with Crippen LogP contribution in [0.2, 0.25) is 0 Å². The Morgan fingerprint density at radius 3 is 3.00 bits per heavy atom. The first-order valence-corrected chi connectivity index (χ1v) is 3.69. The molecule has 1 aromatic rings. The molecule has 1 aromatic heterocycles. The van der Waals surface area contributed by atoms with E-state index in [0.29, 0.717) is 6.61 Å². The monoisotopic (exact) mass is 165 g/mol. The molecule has 0 aromatic carbocycles. The van der Waals surface area contributed by atoms with Crippen LogP contribution in [0.5, 0.6) is 5.75 Å². The molecule has 0 unspecified atom stereocenters. The average molecular weight is 165 g/mol. The summed E-state index contributed by atoms with van der Waals surface area (Å²) < 4.78 is 5.20. The summed E-state index contributed by atoms with van der Waals surface area (Å²) in [5.41, 5.74) is 0.723. The molecule has 2 N–H and O–H groups in total. The van der Waals surface area contributed by atoms with E-state index < -0.39 is 0 Å². The van der Waals surface area contributed by atoms with Crippen molar-refractivity contribution in [2.24, 2.45) is 10.9 Å². The molecule has 0 saturated carbocycles. The summed E-state index contributed by atoms with van der Waals surface area (Å²) in [6.07, 6.45) is 3.12. The van der Waals surface area contributed by atoms with Crippen molar-refractivity contribution in [3.8, 4) is 5.75 Å². The van der Waals surface area contributed by atoms with E-state index in [1.807, 2.05) is 13.0 Å². The first-order valence-electron chi connectivity index (χ1n) is 3.69. The Bertz CT molecular complexity index is 256. The van der Waals surface area contributed by atoms with Crippen molar-refractivity contribution in [1.82, 2.24) is 4.98 Å². The van der Waals surface area contributed by atoms with Crippen molar-refractivity contribution in [2.45, 2.75) is 6.92 Å². The number of aromatic nitrogens is 1. The molecule has 0 saturated heterocycles. The van der Waals surface area contributed by atoms with Gasteiger partial charge in [0.2, 0.25) is 0 Å². The fourth-order valence-corrected chi connectivity index (χ4v) is 0.797. The summed E-state index contributed by atoms with van der Waals surface area (Å²) in [6, 6.07) is 3.62. The van der Waals surface area contributed by atoms with Gasteiger partial charge in [-0.1, -0.05) is 0 Å². The molecule has 4 heteroatoms. The van der Waals surface area contributed by atoms with Gasteiger partial charge in [0.1, 0.15) is 5.75 Å². The normalized spacial score (nSPS) is 10.4. The second-order valence-corrected chi connectivity index (χ2v) is 2.13. The van der Waals surface area contributed by atoms with E-state index in [-0.39, 0.29) is 0 Å². The summed E-state index contributed by atoms with van der Waals surface area (Å²) in [7, 11) is 0. The fraction of sp³-hybridized carbons (Fsp3) is 0.250. The summed E-state index contributed by atoms with van der Waals surface area (Å²) in [5, 5.41) is 3.35. The smallest absolute Gasteiger partial charge is 0.137 e. The Balaban J connectivity index is 2.71. The molecule has 64 valence electrons. The third kappa shape index (κ3) is 2.23. The molecule has 0 bridgehead atoms. The van der Waals surface area contributed by atoms with Gasteiger partial charge < -0.3 is 10.6 Å². The molecular formula is C8H11N3O. The first-order chi connectivity index (χ1) is 5.86. The summed E-state index contributed by atoms with van der Waals surface area (Å²) in [4.78, 5) is 4.03. The third-order valence-corrected chi connectivity index (χ3v) is 1.28. The SMILES string of the molecule is CCOc1ccc(/C=N/N)nc1. The number of hydrogen-bond acceptors (Lipinski definition) is 4. The van der Waals surface area contributed by atoms with Gasteiger partial charge in [-0.05, 0) is 19.1 Å². The van der Waals surface area contributed by atoms with Crippen LogP contribution in [0.1, 0.15) is 12.6 Å². The van der Waals surface area contributed by atoms with Crippen molar-refractivity contribution >= 4 is 6.21 Å². The lowest BCUT2D eigenvalue weighted by atomic mass is 10.3. The maximum absolute atomic E-state index is 5.20. The largest absolute Gasteiger partial charge is 0.492 e. The van der Waals surface area contributed by atoms with Crippen LogP contribution in [-0.4, -0.2) is 17.8 Å². The standard InChI is InChI=1S/C8H11N3O/c1-2-12-8-4-3-7(5-11-9)10-6-8/h3-6H,2,9H2,1H3/b11-5+. The predicted molar refractivity (Wildman–Crippen MR) is 47.2 cm³/mol. The van der Waals surface area contributed by atoms with Crippen molar-refractivity contribution in [2.75, 3.05) is 6.61 Å². The lowest BCUT2D eigenvalue weighted by Gasteiger charge is -2.00. The van der Waals surface area contributed by atoms with E-state index in [2.05, 4.69) is 10.1 Å². The van der Waals surface area contributed by atoms with Crippen LogP contribution in [0, 0.1) is 0 Å². The van der Waals surface area contributed by atoms with Crippen LogP contribution >= 0.6 is 0 Å². The van der Waals surface area contributed by atoms with Crippen LogP contribution in [0.3, 0.4) is 0 Å². The number of nitrogens with two attached hydrogens (primary N) is 1. The highest BCUT2D eigenvalue weighted by Crippen LogP contribution is 2.07. The van der Waals surface area contributed by atoms with Crippen LogP contribution in [0.25, 0.3) is 0 Å². The number of nitrogens with zero attached hydrogens (tertiary/aromatic N) is 2. The Labute approximate surface area is 71.1 Å². The number of hydrogen-bond donors (Lipinski definition) is 1. The van der Waals surface area contributed by atoms with Crippen molar-refractivity contribution in [3.05, 3.63) is 24.0 Å². The summed E-state index contributed by atoms with van der Waals surface area (Å²) in [5.74, 6) is 5.71. The lowest BCUT2D eigenvalue weighted by Crippen LogP contribution is -1.94. The topological polar surface area (TPSA) is 60.5 Å². The molecule has 0 amide bonds. The highest BCUT2D eigenvalue weighted by Gasteiger charge is 1.92. The molecule has 1 rings (SSSR count). The lowest BCUT2D eigenvalue weighted by molar-refractivity contribution is 0.339. The maximum atomic E-state index is 5.20. The van der Waals surface area contributed by atoms with Gasteiger partial charge in [-0.2, -0.15) is 5.10 Å². The average Bonchev–Trinajstić information content (AvgIpc) is 2.09. The zero-order chi connectivity index (χ0) is 8.81. The van der Waals surface area contributed by atoms with Gasteiger partial charge in [0.15, 0.2) is 0 Å². The molecule has 1 heterocycles. The Kier molecular flexibility index (Phi) is 3.07. The van der Waals surface area contributed by atoms with Crippen LogP contribution < -0.4 is 10.6 Å². The highest BCUT2D eigenvalue weighted by atomic mass is 16.5. The number of pyridine rings is 1. The van der Waals surface area contributed by atoms with Crippen molar-refractivity contribution < 1.29 is 4.74 Å². The molecule has 0 atom stereocenters. The summed E-state index contributed by atoms with van der Waals surface area (Å²) in [6.45, 7) is 2.57. The van der Waals surface area contributed by atoms with E-state index >= 15 is 0 Å². The molecule has 0 radical (unpaired) electrons. The Morgan fingerprint density at radius 2 is 2.50 bits per heavy atom. The number of hydrazone groups is 1. The van der Waals surface area contributed by atoms with Gasteiger partial charge in [0.05, 0.1) is 24.7 Å². The van der Waals surface area contributed by atoms with Gasteiger partial charge in [-0.15, -0.1) is 0 Å². The second kappa shape index (κ2) is 4.33. The predicted octanol–water partition coefficient (Wildman–Crippen LogP) is 0.773. The molecule has 0 aliphatic rings. The van der Waals surface area contributed by atoms with Crippen LogP contribution in [-0.2, 0) is 0 Å². The van der Waals surface area contributed by atoms with E-state index in [1.54, 1.807) is 12.3 Å².